The van der Waals surface area contributed by atoms with Gasteiger partial charge in [-0.1, -0.05) is 19.6 Å². The van der Waals surface area contributed by atoms with Crippen molar-refractivity contribution in [1.82, 2.24) is 18.9 Å². The quantitative estimate of drug-likeness (QED) is 0.312. The predicted octanol–water partition coefficient (Wildman–Crippen LogP) is 3.44. The van der Waals surface area contributed by atoms with Crippen molar-refractivity contribution in [2.45, 2.75) is 32.4 Å². The largest absolute Gasteiger partial charge is 0.384 e. The van der Waals surface area contributed by atoms with Crippen LogP contribution in [0.1, 0.15) is 0 Å². The standard InChI is InChI=1S/C25H32N6O3Si/c1-35(2,3)11-10-34-17-31-15-21(19-12-23(26)27-13-20(19)25(31)32)22-16-30-14-18(4-5-24(30)28-22)29-6-8-33-9-7-29/h4-5,12-16H,6-11,17H2,1-3H3,(H2,26,27). The van der Waals surface area contributed by atoms with E-state index >= 15 is 0 Å². The Kier molecular flexibility index (Phi) is 6.35. The molecule has 0 aromatic carbocycles. The van der Waals surface area contributed by atoms with Crippen molar-refractivity contribution >= 4 is 36.0 Å². The van der Waals surface area contributed by atoms with Crippen molar-refractivity contribution in [2.75, 3.05) is 43.5 Å². The Bertz CT molecular complexity index is 1420. The molecular weight excluding hydrogens is 460 g/mol. The van der Waals surface area contributed by atoms with Gasteiger partial charge in [-0.2, -0.15) is 0 Å². The molecule has 9 nitrogen and oxygen atoms in total. The molecule has 0 amide bonds. The Labute approximate surface area is 205 Å². The van der Waals surface area contributed by atoms with Gasteiger partial charge in [0.05, 0.1) is 30.0 Å². The fourth-order valence-corrected chi connectivity index (χ4v) is 5.02. The zero-order valence-electron chi connectivity index (χ0n) is 20.5. The highest BCUT2D eigenvalue weighted by Gasteiger charge is 2.17. The lowest BCUT2D eigenvalue weighted by molar-refractivity contribution is 0.0852. The molecule has 10 heteroatoms. The molecule has 2 N–H and O–H groups in total. The molecule has 1 aliphatic rings. The van der Waals surface area contributed by atoms with Gasteiger partial charge < -0.3 is 24.5 Å². The Morgan fingerprint density at radius 3 is 2.69 bits per heavy atom. The number of ether oxygens (including phenoxy) is 2. The molecule has 0 atom stereocenters. The van der Waals surface area contributed by atoms with Crippen molar-refractivity contribution in [3.05, 3.63) is 53.3 Å². The summed E-state index contributed by atoms with van der Waals surface area (Å²) in [5.41, 5.74) is 9.38. The van der Waals surface area contributed by atoms with Gasteiger partial charge in [-0.25, -0.2) is 9.97 Å². The van der Waals surface area contributed by atoms with Crippen molar-refractivity contribution in [3.63, 3.8) is 0 Å². The van der Waals surface area contributed by atoms with Gasteiger partial charge >= 0.3 is 0 Å². The second kappa shape index (κ2) is 9.44. The average Bonchev–Trinajstić information content (AvgIpc) is 3.26. The minimum Gasteiger partial charge on any atom is -0.384 e. The van der Waals surface area contributed by atoms with Crippen LogP contribution in [0.15, 0.2) is 47.8 Å². The van der Waals surface area contributed by atoms with Crippen LogP contribution in [-0.2, 0) is 16.2 Å². The highest BCUT2D eigenvalue weighted by Crippen LogP contribution is 2.28. The summed E-state index contributed by atoms with van der Waals surface area (Å²) in [6.07, 6.45) is 7.45. The van der Waals surface area contributed by atoms with Crippen LogP contribution in [0, 0.1) is 0 Å². The molecule has 4 aromatic heterocycles. The number of anilines is 2. The van der Waals surface area contributed by atoms with E-state index in [9.17, 15) is 4.79 Å². The Morgan fingerprint density at radius 1 is 1.11 bits per heavy atom. The van der Waals surface area contributed by atoms with E-state index in [0.717, 1.165) is 60.3 Å². The third kappa shape index (κ3) is 5.09. The first-order valence-electron chi connectivity index (χ1n) is 12.0. The first-order chi connectivity index (χ1) is 16.8. The second-order valence-electron chi connectivity index (χ2n) is 10.2. The SMILES string of the molecule is C[Si](C)(C)CCOCn1cc(-c2cn3cc(N4CCOCC4)ccc3n2)c2cc(N)ncc2c1=O. The molecule has 0 radical (unpaired) electrons. The monoisotopic (exact) mass is 492 g/mol. The molecule has 1 aliphatic heterocycles. The van der Waals surface area contributed by atoms with Crippen LogP contribution < -0.4 is 16.2 Å². The molecule has 1 saturated heterocycles. The summed E-state index contributed by atoms with van der Waals surface area (Å²) in [4.78, 5) is 24.5. The Hall–Kier alpha value is -3.21. The van der Waals surface area contributed by atoms with E-state index in [1.54, 1.807) is 16.8 Å². The number of nitrogen functional groups attached to an aromatic ring is 1. The van der Waals surface area contributed by atoms with Crippen LogP contribution >= 0.6 is 0 Å². The van der Waals surface area contributed by atoms with Gasteiger partial charge in [-0.3, -0.25) is 9.36 Å². The van der Waals surface area contributed by atoms with Gasteiger partial charge in [0.15, 0.2) is 0 Å². The molecule has 4 aromatic rings. The average molecular weight is 493 g/mol. The Balaban J connectivity index is 1.53. The zero-order chi connectivity index (χ0) is 24.6. The number of rotatable bonds is 7. The van der Waals surface area contributed by atoms with Gasteiger partial charge in [0.1, 0.15) is 18.2 Å². The minimum absolute atomic E-state index is 0.150. The molecule has 0 saturated carbocycles. The third-order valence-electron chi connectivity index (χ3n) is 6.31. The maximum atomic E-state index is 13.2. The van der Waals surface area contributed by atoms with Crippen LogP contribution in [0.25, 0.3) is 27.7 Å². The van der Waals surface area contributed by atoms with E-state index < -0.39 is 8.07 Å². The maximum Gasteiger partial charge on any atom is 0.261 e. The predicted molar refractivity (Wildman–Crippen MR) is 142 cm³/mol. The van der Waals surface area contributed by atoms with Crippen molar-refractivity contribution in [2.24, 2.45) is 0 Å². The van der Waals surface area contributed by atoms with E-state index in [1.807, 2.05) is 22.9 Å². The Morgan fingerprint density at radius 2 is 1.91 bits per heavy atom. The van der Waals surface area contributed by atoms with Crippen LogP contribution in [0.5, 0.6) is 0 Å². The summed E-state index contributed by atoms with van der Waals surface area (Å²) in [5.74, 6) is 0.362. The smallest absolute Gasteiger partial charge is 0.261 e. The number of imidazole rings is 1. The summed E-state index contributed by atoms with van der Waals surface area (Å²) in [7, 11) is -1.22. The molecule has 5 rings (SSSR count). The molecule has 5 heterocycles. The van der Waals surface area contributed by atoms with Gasteiger partial charge in [0, 0.05) is 63.5 Å². The summed E-state index contributed by atoms with van der Waals surface area (Å²) in [5, 5.41) is 1.23. The van der Waals surface area contributed by atoms with E-state index in [0.29, 0.717) is 17.8 Å². The molecule has 0 unspecified atom stereocenters. The van der Waals surface area contributed by atoms with Crippen molar-refractivity contribution < 1.29 is 9.47 Å². The molecule has 0 aliphatic carbocycles. The second-order valence-corrected chi connectivity index (χ2v) is 15.8. The van der Waals surface area contributed by atoms with Crippen molar-refractivity contribution in [1.29, 1.82) is 0 Å². The highest BCUT2D eigenvalue weighted by atomic mass is 28.3. The van der Waals surface area contributed by atoms with Gasteiger partial charge in [0.25, 0.3) is 5.56 Å². The number of nitrogens with zero attached hydrogens (tertiary/aromatic N) is 5. The van der Waals surface area contributed by atoms with Crippen LogP contribution in [0.4, 0.5) is 11.5 Å². The third-order valence-corrected chi connectivity index (χ3v) is 8.01. The van der Waals surface area contributed by atoms with Gasteiger partial charge in [-0.15, -0.1) is 0 Å². The fourth-order valence-electron chi connectivity index (χ4n) is 4.26. The lowest BCUT2D eigenvalue weighted by Gasteiger charge is -2.28. The van der Waals surface area contributed by atoms with Gasteiger partial charge in [-0.05, 0) is 24.2 Å². The molecule has 0 bridgehead atoms. The lowest BCUT2D eigenvalue weighted by atomic mass is 10.1. The molecule has 0 spiro atoms. The number of pyridine rings is 3. The number of aromatic nitrogens is 4. The minimum atomic E-state index is -1.22. The molecule has 35 heavy (non-hydrogen) atoms. The summed E-state index contributed by atoms with van der Waals surface area (Å²) in [6, 6.07) is 6.89. The first-order valence-corrected chi connectivity index (χ1v) is 15.7. The molecule has 1 fully saturated rings. The van der Waals surface area contributed by atoms with E-state index in [-0.39, 0.29) is 12.3 Å². The fraction of sp³-hybridized carbons (Fsp3) is 0.400. The van der Waals surface area contributed by atoms with Gasteiger partial charge in [0.2, 0.25) is 0 Å². The lowest BCUT2D eigenvalue weighted by Crippen LogP contribution is -2.36. The number of hydrogen-bond donors (Lipinski definition) is 1. The summed E-state index contributed by atoms with van der Waals surface area (Å²) >= 11 is 0. The summed E-state index contributed by atoms with van der Waals surface area (Å²) < 4.78 is 15.0. The highest BCUT2D eigenvalue weighted by molar-refractivity contribution is 6.76. The first kappa shape index (κ1) is 23.5. The zero-order valence-corrected chi connectivity index (χ0v) is 21.5. The number of hydrogen-bond acceptors (Lipinski definition) is 7. The maximum absolute atomic E-state index is 13.2. The van der Waals surface area contributed by atoms with Crippen molar-refractivity contribution in [3.8, 4) is 11.3 Å². The molecule has 184 valence electrons. The van der Waals surface area contributed by atoms with Crippen LogP contribution in [-0.4, -0.2) is 59.9 Å². The topological polar surface area (TPSA) is 99.9 Å². The normalized spacial score (nSPS) is 14.8. The number of nitrogens with two attached hydrogens (primary N) is 1. The van der Waals surface area contributed by atoms with Crippen LogP contribution in [0.2, 0.25) is 25.7 Å². The van der Waals surface area contributed by atoms with E-state index in [1.165, 1.54) is 0 Å². The summed E-state index contributed by atoms with van der Waals surface area (Å²) in [6.45, 7) is 10.9. The number of fused-ring (bicyclic) bond motifs is 2. The van der Waals surface area contributed by atoms with E-state index in [2.05, 4.69) is 41.8 Å². The number of morpholine rings is 1. The molecular formula is C25H32N6O3Si. The van der Waals surface area contributed by atoms with Crippen LogP contribution in [0.3, 0.4) is 0 Å². The van der Waals surface area contributed by atoms with E-state index in [4.69, 9.17) is 20.2 Å².